The van der Waals surface area contributed by atoms with Crippen molar-refractivity contribution in [3.63, 3.8) is 0 Å². The molecule has 0 unspecified atom stereocenters. The monoisotopic (exact) mass is 323 g/mol. The molecule has 2 fully saturated rings. The van der Waals surface area contributed by atoms with Crippen LogP contribution >= 0.6 is 11.9 Å². The molecule has 0 aromatic heterocycles. The van der Waals surface area contributed by atoms with E-state index in [-0.39, 0.29) is 10.6 Å². The maximum atomic E-state index is 11.3. The lowest BCUT2D eigenvalue weighted by Gasteiger charge is -2.36. The van der Waals surface area contributed by atoms with Gasteiger partial charge in [0.15, 0.2) is 0 Å². The molecule has 0 spiro atoms. The number of methoxy groups -OCH3 is 1. The number of anilines is 1. The van der Waals surface area contributed by atoms with Gasteiger partial charge in [-0.1, -0.05) is 11.9 Å². The Kier molecular flexibility index (Phi) is 4.73. The maximum absolute atomic E-state index is 11.3. The van der Waals surface area contributed by atoms with Crippen molar-refractivity contribution < 1.29 is 9.66 Å². The predicted molar refractivity (Wildman–Crippen MR) is 88.7 cm³/mol. The van der Waals surface area contributed by atoms with E-state index < -0.39 is 0 Å². The van der Waals surface area contributed by atoms with Gasteiger partial charge in [0.05, 0.1) is 18.1 Å². The van der Waals surface area contributed by atoms with Crippen LogP contribution in [0.25, 0.3) is 0 Å². The molecule has 3 rings (SSSR count). The molecule has 6 nitrogen and oxygen atoms in total. The van der Waals surface area contributed by atoms with Gasteiger partial charge in [-0.3, -0.25) is 10.1 Å². The first-order valence-corrected chi connectivity index (χ1v) is 8.60. The molecule has 2 saturated heterocycles. The Bertz CT molecular complexity index is 541. The summed E-state index contributed by atoms with van der Waals surface area (Å²) in [7, 11) is 1.53. The first-order chi connectivity index (χ1) is 10.7. The minimum absolute atomic E-state index is 0.133. The van der Waals surface area contributed by atoms with E-state index >= 15 is 0 Å². The van der Waals surface area contributed by atoms with Gasteiger partial charge >= 0.3 is 0 Å². The van der Waals surface area contributed by atoms with E-state index in [0.29, 0.717) is 17.5 Å². The van der Waals surface area contributed by atoms with E-state index in [1.807, 2.05) is 18.0 Å². The van der Waals surface area contributed by atoms with Gasteiger partial charge in [0.2, 0.25) is 0 Å². The molecule has 7 heteroatoms. The summed E-state index contributed by atoms with van der Waals surface area (Å²) in [5.74, 6) is 1.75. The lowest BCUT2D eigenvalue weighted by atomic mass is 10.0. The topological polar surface area (TPSA) is 58.8 Å². The highest BCUT2D eigenvalue weighted by Crippen LogP contribution is 2.35. The van der Waals surface area contributed by atoms with Crippen molar-refractivity contribution in [1.82, 2.24) is 4.31 Å². The van der Waals surface area contributed by atoms with Gasteiger partial charge in [-0.05, 0) is 31.4 Å². The van der Waals surface area contributed by atoms with Crippen LogP contribution in [-0.2, 0) is 0 Å². The highest BCUT2D eigenvalue weighted by molar-refractivity contribution is 7.97. The summed E-state index contributed by atoms with van der Waals surface area (Å²) >= 11 is 1.95. The molecule has 0 atom stereocenters. The van der Waals surface area contributed by atoms with Crippen molar-refractivity contribution in [2.24, 2.45) is 0 Å². The number of nitro benzene ring substituents is 1. The minimum atomic E-state index is -0.319. The van der Waals surface area contributed by atoms with Crippen molar-refractivity contribution in [1.29, 1.82) is 0 Å². The summed E-state index contributed by atoms with van der Waals surface area (Å²) in [5.41, 5.74) is 0.840. The molecule has 1 aromatic carbocycles. The van der Waals surface area contributed by atoms with E-state index in [9.17, 15) is 10.1 Å². The van der Waals surface area contributed by atoms with Crippen LogP contribution in [0.4, 0.5) is 11.4 Å². The van der Waals surface area contributed by atoms with Crippen LogP contribution in [0.5, 0.6) is 5.75 Å². The normalized spacial score (nSPS) is 20.3. The number of nitro groups is 1. The van der Waals surface area contributed by atoms with E-state index in [1.54, 1.807) is 6.07 Å². The number of piperidine rings is 1. The van der Waals surface area contributed by atoms with Gasteiger partial charge < -0.3 is 9.64 Å². The lowest BCUT2D eigenvalue weighted by molar-refractivity contribution is -0.384. The van der Waals surface area contributed by atoms with Crippen LogP contribution in [0.3, 0.4) is 0 Å². The third-order valence-electron chi connectivity index (χ3n) is 4.37. The Hall–Kier alpha value is -1.47. The summed E-state index contributed by atoms with van der Waals surface area (Å²) < 4.78 is 7.60. The summed E-state index contributed by atoms with van der Waals surface area (Å²) in [4.78, 5) is 13.1. The fraction of sp³-hybridized carbons (Fsp3) is 0.600. The van der Waals surface area contributed by atoms with Crippen LogP contribution in [0.15, 0.2) is 18.2 Å². The third kappa shape index (κ3) is 3.15. The molecule has 2 aliphatic rings. The van der Waals surface area contributed by atoms with Crippen LogP contribution in [0.1, 0.15) is 19.3 Å². The van der Waals surface area contributed by atoms with Crippen LogP contribution in [-0.4, -0.2) is 47.8 Å². The number of benzene rings is 1. The number of nitrogens with zero attached hydrogens (tertiary/aromatic N) is 3. The quantitative estimate of drug-likeness (QED) is 0.482. The molecule has 2 aliphatic heterocycles. The SMILES string of the molecule is COc1ccc(N2CCC(N3CCCS3)CC2)c([N+](=O)[O-])c1. The van der Waals surface area contributed by atoms with Gasteiger partial charge in [-0.2, -0.15) is 0 Å². The van der Waals surface area contributed by atoms with Crippen LogP contribution in [0, 0.1) is 10.1 Å². The number of rotatable bonds is 4. The number of hydrogen-bond acceptors (Lipinski definition) is 6. The fourth-order valence-corrected chi connectivity index (χ4v) is 4.37. The average Bonchev–Trinajstić information content (AvgIpc) is 3.09. The molecule has 0 amide bonds. The molecule has 0 N–H and O–H groups in total. The Morgan fingerprint density at radius 1 is 1.32 bits per heavy atom. The Labute approximate surface area is 134 Å². The molecular weight excluding hydrogens is 302 g/mol. The molecule has 0 aliphatic carbocycles. The molecule has 0 saturated carbocycles. The van der Waals surface area contributed by atoms with Crippen molar-refractivity contribution in [2.45, 2.75) is 25.3 Å². The van der Waals surface area contributed by atoms with E-state index in [2.05, 4.69) is 9.21 Å². The Morgan fingerprint density at radius 2 is 2.09 bits per heavy atom. The first kappa shape index (κ1) is 15.4. The van der Waals surface area contributed by atoms with E-state index in [1.165, 1.54) is 31.9 Å². The zero-order valence-corrected chi connectivity index (χ0v) is 13.6. The van der Waals surface area contributed by atoms with Crippen molar-refractivity contribution in [2.75, 3.05) is 37.4 Å². The molecule has 0 radical (unpaired) electrons. The Morgan fingerprint density at radius 3 is 2.68 bits per heavy atom. The Balaban J connectivity index is 1.71. The lowest BCUT2D eigenvalue weighted by Crippen LogP contribution is -2.41. The highest BCUT2D eigenvalue weighted by Gasteiger charge is 2.29. The van der Waals surface area contributed by atoms with Crippen LogP contribution < -0.4 is 9.64 Å². The van der Waals surface area contributed by atoms with Crippen molar-refractivity contribution in [3.8, 4) is 5.75 Å². The van der Waals surface area contributed by atoms with E-state index in [4.69, 9.17) is 4.74 Å². The zero-order valence-electron chi connectivity index (χ0n) is 12.7. The maximum Gasteiger partial charge on any atom is 0.296 e. The fourth-order valence-electron chi connectivity index (χ4n) is 3.19. The molecule has 22 heavy (non-hydrogen) atoms. The van der Waals surface area contributed by atoms with Gasteiger partial charge in [-0.15, -0.1) is 0 Å². The number of hydrogen-bond donors (Lipinski definition) is 0. The molecule has 0 bridgehead atoms. The average molecular weight is 323 g/mol. The summed E-state index contributed by atoms with van der Waals surface area (Å²) in [6.07, 6.45) is 3.40. The second-order valence-corrected chi connectivity index (χ2v) is 6.79. The summed E-state index contributed by atoms with van der Waals surface area (Å²) in [5, 5.41) is 11.3. The molecule has 1 aromatic rings. The van der Waals surface area contributed by atoms with Gasteiger partial charge in [-0.25, -0.2) is 4.31 Å². The van der Waals surface area contributed by atoms with Crippen LogP contribution in [0.2, 0.25) is 0 Å². The molecular formula is C15H21N3O3S. The largest absolute Gasteiger partial charge is 0.496 e. The minimum Gasteiger partial charge on any atom is -0.496 e. The van der Waals surface area contributed by atoms with E-state index in [0.717, 1.165) is 25.9 Å². The van der Waals surface area contributed by atoms with Crippen molar-refractivity contribution in [3.05, 3.63) is 28.3 Å². The van der Waals surface area contributed by atoms with Gasteiger partial charge in [0.1, 0.15) is 11.4 Å². The standard InChI is InChI=1S/C15H21N3O3S/c1-21-13-3-4-14(15(11-13)18(19)20)16-8-5-12(6-9-16)17-7-2-10-22-17/h3-4,11-12H,2,5-10H2,1H3. The molecule has 120 valence electrons. The zero-order chi connectivity index (χ0) is 15.5. The first-order valence-electron chi connectivity index (χ1n) is 7.66. The van der Waals surface area contributed by atoms with Crippen molar-refractivity contribution >= 4 is 23.3 Å². The second-order valence-electron chi connectivity index (χ2n) is 5.66. The summed E-state index contributed by atoms with van der Waals surface area (Å²) in [6, 6.07) is 5.73. The van der Waals surface area contributed by atoms with Gasteiger partial charge in [0, 0.05) is 31.4 Å². The van der Waals surface area contributed by atoms with Gasteiger partial charge in [0.25, 0.3) is 5.69 Å². The summed E-state index contributed by atoms with van der Waals surface area (Å²) in [6.45, 7) is 2.92. The second kappa shape index (κ2) is 6.75. The highest BCUT2D eigenvalue weighted by atomic mass is 32.2. The number of ether oxygens (including phenoxy) is 1. The third-order valence-corrected chi connectivity index (χ3v) is 5.66. The smallest absolute Gasteiger partial charge is 0.296 e. The predicted octanol–water partition coefficient (Wildman–Crippen LogP) is 2.93. The molecule has 2 heterocycles.